The molecule has 130 valence electrons. The Bertz CT molecular complexity index is 877. The Balaban J connectivity index is 1.98. The van der Waals surface area contributed by atoms with Crippen LogP contribution in [0.1, 0.15) is 12.6 Å². The van der Waals surface area contributed by atoms with E-state index in [-0.39, 0.29) is 0 Å². The fraction of sp³-hybridized carbons (Fsp3) is 0.278. The van der Waals surface area contributed by atoms with Gasteiger partial charge in [0.1, 0.15) is 0 Å². The van der Waals surface area contributed by atoms with Crippen LogP contribution in [0.15, 0.2) is 34.9 Å². The highest BCUT2D eigenvalue weighted by molar-refractivity contribution is 5.65. The van der Waals surface area contributed by atoms with Crippen molar-refractivity contribution in [2.75, 3.05) is 20.8 Å². The maximum Gasteiger partial charge on any atom is 0.258 e. The van der Waals surface area contributed by atoms with Gasteiger partial charge in [0.15, 0.2) is 11.5 Å². The van der Waals surface area contributed by atoms with Gasteiger partial charge in [0.25, 0.3) is 5.89 Å². The van der Waals surface area contributed by atoms with Gasteiger partial charge in [-0.15, -0.1) is 0 Å². The van der Waals surface area contributed by atoms with E-state index in [1.807, 2.05) is 32.0 Å². The molecule has 1 aromatic carbocycles. The van der Waals surface area contributed by atoms with Crippen molar-refractivity contribution >= 4 is 0 Å². The third-order valence-electron chi connectivity index (χ3n) is 3.58. The molecule has 0 atom stereocenters. The largest absolute Gasteiger partial charge is 0.493 e. The van der Waals surface area contributed by atoms with Crippen LogP contribution in [0.3, 0.4) is 0 Å². The van der Waals surface area contributed by atoms with E-state index in [1.54, 1.807) is 26.4 Å². The predicted molar refractivity (Wildman–Crippen MR) is 92.0 cm³/mol. The Morgan fingerprint density at radius 3 is 2.52 bits per heavy atom. The molecule has 0 aliphatic heterocycles. The Morgan fingerprint density at radius 1 is 1.00 bits per heavy atom. The zero-order valence-electron chi connectivity index (χ0n) is 14.6. The molecule has 0 aliphatic carbocycles. The monoisotopic (exact) mass is 341 g/mol. The first kappa shape index (κ1) is 16.8. The summed E-state index contributed by atoms with van der Waals surface area (Å²) in [5.41, 5.74) is 2.27. The van der Waals surface area contributed by atoms with E-state index < -0.39 is 0 Å². The quantitative estimate of drug-likeness (QED) is 0.678. The van der Waals surface area contributed by atoms with Crippen molar-refractivity contribution in [3.05, 3.63) is 36.0 Å². The highest BCUT2D eigenvalue weighted by Gasteiger charge is 2.17. The van der Waals surface area contributed by atoms with Gasteiger partial charge in [-0.2, -0.15) is 4.98 Å². The van der Waals surface area contributed by atoms with Crippen molar-refractivity contribution < 1.29 is 18.7 Å². The molecule has 2 aromatic heterocycles. The minimum absolute atomic E-state index is 0.374. The molecule has 0 unspecified atom stereocenters. The van der Waals surface area contributed by atoms with Crippen LogP contribution in [0.4, 0.5) is 0 Å². The molecule has 3 aromatic rings. The van der Waals surface area contributed by atoms with E-state index in [2.05, 4.69) is 15.1 Å². The van der Waals surface area contributed by atoms with Crippen LogP contribution in [0, 0.1) is 6.92 Å². The second-order valence-electron chi connectivity index (χ2n) is 5.23. The average molecular weight is 341 g/mol. The second-order valence-corrected chi connectivity index (χ2v) is 5.23. The van der Waals surface area contributed by atoms with Gasteiger partial charge in [0.2, 0.25) is 11.7 Å². The molecule has 0 saturated heterocycles. The van der Waals surface area contributed by atoms with Crippen molar-refractivity contribution in [2.45, 2.75) is 13.8 Å². The van der Waals surface area contributed by atoms with Crippen molar-refractivity contribution in [3.63, 3.8) is 0 Å². The lowest BCUT2D eigenvalue weighted by molar-refractivity contribution is 0.327. The summed E-state index contributed by atoms with van der Waals surface area (Å²) < 4.78 is 21.5. The summed E-state index contributed by atoms with van der Waals surface area (Å²) in [6, 6.07) is 9.15. The van der Waals surface area contributed by atoms with Crippen molar-refractivity contribution in [1.29, 1.82) is 0 Å². The topological polar surface area (TPSA) is 79.5 Å². The van der Waals surface area contributed by atoms with Gasteiger partial charge in [0, 0.05) is 11.3 Å². The van der Waals surface area contributed by atoms with Crippen molar-refractivity contribution in [1.82, 2.24) is 15.1 Å². The van der Waals surface area contributed by atoms with Gasteiger partial charge in [-0.3, -0.25) is 0 Å². The fourth-order valence-corrected chi connectivity index (χ4v) is 2.37. The number of pyridine rings is 1. The Morgan fingerprint density at radius 2 is 1.80 bits per heavy atom. The molecule has 0 N–H and O–H groups in total. The van der Waals surface area contributed by atoms with Gasteiger partial charge >= 0.3 is 0 Å². The standard InChI is InChI=1S/C18H19N3O4/c1-5-24-18-13(8-6-11(2)19-18)16-20-17(25-21-16)12-7-9-14(22-3)15(10-12)23-4/h6-10H,5H2,1-4H3. The number of aryl methyl sites for hydroxylation is 1. The van der Waals surface area contributed by atoms with Gasteiger partial charge in [-0.05, 0) is 44.2 Å². The maximum absolute atomic E-state index is 5.58. The van der Waals surface area contributed by atoms with E-state index in [0.29, 0.717) is 41.3 Å². The number of hydrogen-bond donors (Lipinski definition) is 0. The summed E-state index contributed by atoms with van der Waals surface area (Å²) in [5.74, 6) is 2.50. The fourth-order valence-electron chi connectivity index (χ4n) is 2.37. The smallest absolute Gasteiger partial charge is 0.258 e. The average Bonchev–Trinajstić information content (AvgIpc) is 3.11. The van der Waals surface area contributed by atoms with Crippen LogP contribution in [0.25, 0.3) is 22.8 Å². The van der Waals surface area contributed by atoms with E-state index in [1.165, 1.54) is 0 Å². The molecule has 2 heterocycles. The first-order valence-corrected chi connectivity index (χ1v) is 7.83. The zero-order valence-corrected chi connectivity index (χ0v) is 14.6. The molecule has 0 bridgehead atoms. The van der Waals surface area contributed by atoms with Gasteiger partial charge in [-0.25, -0.2) is 4.98 Å². The summed E-state index contributed by atoms with van der Waals surface area (Å²) in [6.45, 7) is 4.31. The minimum atomic E-state index is 0.374. The Kier molecular flexibility index (Phi) is 4.83. The zero-order chi connectivity index (χ0) is 17.8. The summed E-state index contributed by atoms with van der Waals surface area (Å²) in [7, 11) is 3.16. The normalized spacial score (nSPS) is 10.6. The van der Waals surface area contributed by atoms with Gasteiger partial charge < -0.3 is 18.7 Å². The number of aromatic nitrogens is 3. The lowest BCUT2D eigenvalue weighted by Crippen LogP contribution is -1.98. The Labute approximate surface area is 145 Å². The highest BCUT2D eigenvalue weighted by Crippen LogP contribution is 2.33. The Hall–Kier alpha value is -3.09. The maximum atomic E-state index is 5.58. The van der Waals surface area contributed by atoms with Crippen LogP contribution >= 0.6 is 0 Å². The number of hydrogen-bond acceptors (Lipinski definition) is 7. The minimum Gasteiger partial charge on any atom is -0.493 e. The molecule has 0 amide bonds. The lowest BCUT2D eigenvalue weighted by atomic mass is 10.2. The van der Waals surface area contributed by atoms with Crippen LogP contribution < -0.4 is 14.2 Å². The molecule has 0 saturated carbocycles. The van der Waals surface area contributed by atoms with E-state index >= 15 is 0 Å². The van der Waals surface area contributed by atoms with Crippen molar-refractivity contribution in [3.8, 4) is 40.2 Å². The number of rotatable bonds is 6. The first-order valence-electron chi connectivity index (χ1n) is 7.83. The molecule has 7 nitrogen and oxygen atoms in total. The molecule has 0 aliphatic rings. The van der Waals surface area contributed by atoms with E-state index in [4.69, 9.17) is 18.7 Å². The lowest BCUT2D eigenvalue weighted by Gasteiger charge is -2.07. The van der Waals surface area contributed by atoms with Crippen LogP contribution in [-0.4, -0.2) is 36.0 Å². The summed E-state index contributed by atoms with van der Waals surface area (Å²) in [5, 5.41) is 4.06. The second kappa shape index (κ2) is 7.21. The van der Waals surface area contributed by atoms with Crippen LogP contribution in [0.2, 0.25) is 0 Å². The number of methoxy groups -OCH3 is 2. The first-order chi connectivity index (χ1) is 12.2. The number of nitrogens with zero attached hydrogens (tertiary/aromatic N) is 3. The molecule has 3 rings (SSSR count). The van der Waals surface area contributed by atoms with Crippen LogP contribution in [-0.2, 0) is 0 Å². The summed E-state index contributed by atoms with van der Waals surface area (Å²) in [6.07, 6.45) is 0. The van der Waals surface area contributed by atoms with Crippen LogP contribution in [0.5, 0.6) is 17.4 Å². The van der Waals surface area contributed by atoms with Gasteiger partial charge in [-0.1, -0.05) is 5.16 Å². The third-order valence-corrected chi connectivity index (χ3v) is 3.58. The number of ether oxygens (including phenoxy) is 3. The molecular weight excluding hydrogens is 322 g/mol. The van der Waals surface area contributed by atoms with Gasteiger partial charge in [0.05, 0.1) is 26.4 Å². The summed E-state index contributed by atoms with van der Waals surface area (Å²) in [4.78, 5) is 8.85. The molecule has 0 spiro atoms. The molecular formula is C18H19N3O4. The molecule has 0 fully saturated rings. The van der Waals surface area contributed by atoms with E-state index in [9.17, 15) is 0 Å². The number of benzene rings is 1. The molecule has 7 heteroatoms. The third kappa shape index (κ3) is 3.40. The van der Waals surface area contributed by atoms with Crippen molar-refractivity contribution in [2.24, 2.45) is 0 Å². The highest BCUT2D eigenvalue weighted by atomic mass is 16.5. The van der Waals surface area contributed by atoms with E-state index in [0.717, 1.165) is 11.3 Å². The SMILES string of the molecule is CCOc1nc(C)ccc1-c1noc(-c2ccc(OC)c(OC)c2)n1. The molecule has 0 radical (unpaired) electrons. The summed E-state index contributed by atoms with van der Waals surface area (Å²) >= 11 is 0. The molecule has 25 heavy (non-hydrogen) atoms. The predicted octanol–water partition coefficient (Wildman–Crippen LogP) is 3.52.